The summed E-state index contributed by atoms with van der Waals surface area (Å²) in [4.78, 5) is 7.15. The first-order valence-electron chi connectivity index (χ1n) is 6.09. The van der Waals surface area contributed by atoms with Crippen LogP contribution in [0, 0.1) is 18.6 Å². The van der Waals surface area contributed by atoms with Crippen molar-refractivity contribution in [3.63, 3.8) is 0 Å². The van der Waals surface area contributed by atoms with E-state index in [2.05, 4.69) is 9.97 Å². The van der Waals surface area contributed by atoms with Gasteiger partial charge in [0.1, 0.15) is 23.2 Å². The third-order valence-electron chi connectivity index (χ3n) is 3.21. The molecule has 0 aliphatic heterocycles. The number of benzene rings is 2. The minimum absolute atomic E-state index is 0.139. The van der Waals surface area contributed by atoms with E-state index in [0.717, 1.165) is 0 Å². The molecule has 0 aliphatic carbocycles. The summed E-state index contributed by atoms with van der Waals surface area (Å²) in [6.45, 7) is 1.59. The molecule has 0 radical (unpaired) electrons. The Kier molecular flexibility index (Phi) is 2.89. The fraction of sp³-hybridized carbons (Fsp3) is 0.133. The summed E-state index contributed by atoms with van der Waals surface area (Å²) < 4.78 is 33.1. The predicted molar refractivity (Wildman–Crippen MR) is 72.7 cm³/mol. The van der Waals surface area contributed by atoms with Crippen molar-refractivity contribution in [1.29, 1.82) is 0 Å². The summed E-state index contributed by atoms with van der Waals surface area (Å²) in [5.41, 5.74) is 1.53. The number of hydrogen-bond donors (Lipinski definition) is 1. The first kappa shape index (κ1) is 12.6. The van der Waals surface area contributed by atoms with Crippen molar-refractivity contribution in [2.45, 2.75) is 6.92 Å². The van der Waals surface area contributed by atoms with Crippen LogP contribution in [0.1, 0.15) is 5.56 Å². The van der Waals surface area contributed by atoms with Crippen LogP contribution in [0.4, 0.5) is 8.78 Å². The quantitative estimate of drug-likeness (QED) is 0.771. The summed E-state index contributed by atoms with van der Waals surface area (Å²) >= 11 is 0. The van der Waals surface area contributed by atoms with Gasteiger partial charge in [-0.15, -0.1) is 0 Å². The molecule has 1 aromatic heterocycles. The van der Waals surface area contributed by atoms with Crippen LogP contribution in [0.3, 0.4) is 0 Å². The molecule has 0 unspecified atom stereocenters. The molecule has 3 nitrogen and oxygen atoms in total. The molecule has 3 aromatic rings. The Balaban J connectivity index is 2.22. The Morgan fingerprint density at radius 3 is 2.70 bits per heavy atom. The van der Waals surface area contributed by atoms with Gasteiger partial charge < -0.3 is 9.72 Å². The number of aromatic amines is 1. The zero-order chi connectivity index (χ0) is 14.3. The molecule has 0 spiro atoms. The molecule has 0 saturated heterocycles. The lowest BCUT2D eigenvalue weighted by Crippen LogP contribution is -1.94. The lowest BCUT2D eigenvalue weighted by Gasteiger charge is -2.03. The van der Waals surface area contributed by atoms with Gasteiger partial charge in [-0.1, -0.05) is 6.07 Å². The molecule has 3 rings (SSSR count). The van der Waals surface area contributed by atoms with Gasteiger partial charge in [0.05, 0.1) is 23.7 Å². The van der Waals surface area contributed by atoms with Crippen molar-refractivity contribution >= 4 is 11.0 Å². The fourth-order valence-electron chi connectivity index (χ4n) is 2.11. The normalized spacial score (nSPS) is 11.0. The van der Waals surface area contributed by atoms with Gasteiger partial charge in [0.25, 0.3) is 0 Å². The molecule has 0 saturated carbocycles. The van der Waals surface area contributed by atoms with Crippen molar-refractivity contribution in [2.24, 2.45) is 0 Å². The molecule has 1 N–H and O–H groups in total. The highest BCUT2D eigenvalue weighted by Crippen LogP contribution is 2.28. The van der Waals surface area contributed by atoms with Crippen LogP contribution in [-0.4, -0.2) is 17.1 Å². The monoisotopic (exact) mass is 274 g/mol. The Morgan fingerprint density at radius 2 is 1.95 bits per heavy atom. The van der Waals surface area contributed by atoms with Crippen molar-refractivity contribution in [3.8, 4) is 17.1 Å². The second kappa shape index (κ2) is 4.59. The van der Waals surface area contributed by atoms with Gasteiger partial charge in [-0.3, -0.25) is 0 Å². The SMILES string of the molecule is COc1ccc2nc(-c3c(F)ccc(C)c3F)[nH]c2c1. The summed E-state index contributed by atoms with van der Waals surface area (Å²) in [7, 11) is 1.55. The fourth-order valence-corrected chi connectivity index (χ4v) is 2.11. The smallest absolute Gasteiger partial charge is 0.144 e. The van der Waals surface area contributed by atoms with Crippen LogP contribution in [0.15, 0.2) is 30.3 Å². The number of ether oxygens (including phenoxy) is 1. The van der Waals surface area contributed by atoms with Gasteiger partial charge in [0.15, 0.2) is 0 Å². The van der Waals surface area contributed by atoms with E-state index in [4.69, 9.17) is 4.74 Å². The number of halogens is 2. The number of imidazole rings is 1. The lowest BCUT2D eigenvalue weighted by atomic mass is 10.1. The van der Waals surface area contributed by atoms with Crippen LogP contribution in [0.2, 0.25) is 0 Å². The van der Waals surface area contributed by atoms with E-state index in [1.54, 1.807) is 32.2 Å². The van der Waals surface area contributed by atoms with Gasteiger partial charge in [0, 0.05) is 6.07 Å². The van der Waals surface area contributed by atoms with Gasteiger partial charge in [0.2, 0.25) is 0 Å². The van der Waals surface area contributed by atoms with E-state index in [9.17, 15) is 8.78 Å². The van der Waals surface area contributed by atoms with E-state index < -0.39 is 11.6 Å². The van der Waals surface area contributed by atoms with Crippen LogP contribution < -0.4 is 4.74 Å². The Hall–Kier alpha value is -2.43. The number of aryl methyl sites for hydroxylation is 1. The molecule has 2 aromatic carbocycles. The van der Waals surface area contributed by atoms with Crippen LogP contribution in [0.5, 0.6) is 5.75 Å². The second-order valence-corrected chi connectivity index (χ2v) is 4.52. The second-order valence-electron chi connectivity index (χ2n) is 4.52. The van der Waals surface area contributed by atoms with Crippen LogP contribution in [0.25, 0.3) is 22.4 Å². The zero-order valence-electron chi connectivity index (χ0n) is 11.0. The molecule has 0 amide bonds. The van der Waals surface area contributed by atoms with E-state index >= 15 is 0 Å². The summed E-state index contributed by atoms with van der Waals surface area (Å²) in [6, 6.07) is 7.86. The third-order valence-corrected chi connectivity index (χ3v) is 3.21. The molecular formula is C15H12F2N2O. The Bertz CT molecular complexity index is 796. The molecule has 0 atom stereocenters. The average Bonchev–Trinajstić information content (AvgIpc) is 2.85. The maximum absolute atomic E-state index is 14.1. The topological polar surface area (TPSA) is 37.9 Å². The van der Waals surface area contributed by atoms with Crippen molar-refractivity contribution in [1.82, 2.24) is 9.97 Å². The lowest BCUT2D eigenvalue weighted by molar-refractivity contribution is 0.415. The predicted octanol–water partition coefficient (Wildman–Crippen LogP) is 3.83. The molecule has 1 heterocycles. The standard InChI is InChI=1S/C15H12F2N2O/c1-8-3-5-10(16)13(14(8)17)15-18-11-6-4-9(20-2)7-12(11)19-15/h3-7H,1-2H3,(H,18,19). The Morgan fingerprint density at radius 1 is 1.15 bits per heavy atom. The van der Waals surface area contributed by atoms with Crippen LogP contribution >= 0.6 is 0 Å². The van der Waals surface area contributed by atoms with E-state index in [-0.39, 0.29) is 11.4 Å². The molecule has 5 heteroatoms. The number of fused-ring (bicyclic) bond motifs is 1. The Labute approximate surface area is 114 Å². The molecular weight excluding hydrogens is 262 g/mol. The van der Waals surface area contributed by atoms with Crippen molar-refractivity contribution in [2.75, 3.05) is 7.11 Å². The van der Waals surface area contributed by atoms with Crippen LogP contribution in [-0.2, 0) is 0 Å². The van der Waals surface area contributed by atoms with Gasteiger partial charge >= 0.3 is 0 Å². The number of nitrogens with zero attached hydrogens (tertiary/aromatic N) is 1. The molecule has 0 fully saturated rings. The highest BCUT2D eigenvalue weighted by atomic mass is 19.1. The summed E-state index contributed by atoms with van der Waals surface area (Å²) in [6.07, 6.45) is 0. The van der Waals surface area contributed by atoms with Gasteiger partial charge in [-0.2, -0.15) is 0 Å². The first-order chi connectivity index (χ1) is 9.60. The van der Waals surface area contributed by atoms with E-state index in [0.29, 0.717) is 22.3 Å². The maximum Gasteiger partial charge on any atom is 0.144 e. The van der Waals surface area contributed by atoms with E-state index in [1.807, 2.05) is 0 Å². The van der Waals surface area contributed by atoms with Crippen molar-refractivity contribution < 1.29 is 13.5 Å². The largest absolute Gasteiger partial charge is 0.497 e. The third kappa shape index (κ3) is 1.91. The zero-order valence-corrected chi connectivity index (χ0v) is 11.0. The molecule has 20 heavy (non-hydrogen) atoms. The number of nitrogens with one attached hydrogen (secondary N) is 1. The molecule has 0 bridgehead atoms. The number of hydrogen-bond acceptors (Lipinski definition) is 2. The average molecular weight is 274 g/mol. The molecule has 102 valence electrons. The van der Waals surface area contributed by atoms with Crippen molar-refractivity contribution in [3.05, 3.63) is 47.5 Å². The van der Waals surface area contributed by atoms with Gasteiger partial charge in [-0.25, -0.2) is 13.8 Å². The summed E-state index contributed by atoms with van der Waals surface area (Å²) in [5.74, 6) is -0.417. The maximum atomic E-state index is 14.1. The first-order valence-corrected chi connectivity index (χ1v) is 6.09. The molecule has 0 aliphatic rings. The van der Waals surface area contributed by atoms with E-state index in [1.165, 1.54) is 12.1 Å². The highest BCUT2D eigenvalue weighted by Gasteiger charge is 2.17. The number of rotatable bonds is 2. The highest BCUT2D eigenvalue weighted by molar-refractivity contribution is 5.81. The minimum atomic E-state index is -0.640. The number of aromatic nitrogens is 2. The summed E-state index contributed by atoms with van der Waals surface area (Å²) in [5, 5.41) is 0. The van der Waals surface area contributed by atoms with Gasteiger partial charge in [-0.05, 0) is 30.7 Å². The minimum Gasteiger partial charge on any atom is -0.497 e. The number of methoxy groups -OCH3 is 1. The number of H-pyrrole nitrogens is 1.